The van der Waals surface area contributed by atoms with Crippen molar-refractivity contribution in [3.63, 3.8) is 0 Å². The van der Waals surface area contributed by atoms with Crippen molar-refractivity contribution in [1.29, 1.82) is 0 Å². The topological polar surface area (TPSA) is 49.4 Å². The number of rotatable bonds is 5. The Hall–Kier alpha value is -1.86. The first-order valence-electron chi connectivity index (χ1n) is 9.16. The van der Waals surface area contributed by atoms with Crippen molar-refractivity contribution in [3.8, 4) is 0 Å². The fourth-order valence-corrected chi connectivity index (χ4v) is 4.52. The minimum Gasteiger partial charge on any atom is -0.353 e. The van der Waals surface area contributed by atoms with E-state index in [4.69, 9.17) is 0 Å². The zero-order chi connectivity index (χ0) is 20.1. The summed E-state index contributed by atoms with van der Waals surface area (Å²) in [6.45, 7) is 3.04. The molecule has 4 nitrogen and oxygen atoms in total. The Bertz CT molecular complexity index is 869. The minimum absolute atomic E-state index is 0.00815. The Balaban J connectivity index is 1.45. The van der Waals surface area contributed by atoms with Crippen molar-refractivity contribution in [2.75, 3.05) is 18.8 Å². The molecular formula is C21H22BrFN2O2S. The van der Waals surface area contributed by atoms with Gasteiger partial charge in [0.1, 0.15) is 5.82 Å². The van der Waals surface area contributed by atoms with Crippen LogP contribution >= 0.6 is 27.7 Å². The molecule has 0 radical (unpaired) electrons. The molecule has 0 atom stereocenters. The van der Waals surface area contributed by atoms with Gasteiger partial charge in [-0.15, -0.1) is 11.8 Å². The number of nitrogens with one attached hydrogen (secondary N) is 1. The van der Waals surface area contributed by atoms with E-state index in [1.807, 2.05) is 25.1 Å². The number of piperidine rings is 1. The van der Waals surface area contributed by atoms with Crippen LogP contribution in [0.1, 0.15) is 28.8 Å². The molecule has 1 aliphatic heterocycles. The normalized spacial score (nSPS) is 14.8. The number of nitrogens with zero attached hydrogens (tertiary/aromatic N) is 1. The van der Waals surface area contributed by atoms with Gasteiger partial charge in [-0.25, -0.2) is 4.39 Å². The van der Waals surface area contributed by atoms with Gasteiger partial charge in [0.15, 0.2) is 0 Å². The van der Waals surface area contributed by atoms with Gasteiger partial charge in [-0.05, 0) is 55.7 Å². The van der Waals surface area contributed by atoms with E-state index in [2.05, 4.69) is 21.2 Å². The number of thioether (sulfide) groups is 1. The van der Waals surface area contributed by atoms with Gasteiger partial charge >= 0.3 is 0 Å². The molecule has 2 aromatic carbocycles. The molecule has 1 saturated heterocycles. The monoisotopic (exact) mass is 464 g/mol. The van der Waals surface area contributed by atoms with Crippen LogP contribution in [0.2, 0.25) is 0 Å². The summed E-state index contributed by atoms with van der Waals surface area (Å²) in [5, 5.41) is 3.05. The standard InChI is InChI=1S/C21H22BrFN2O2S/c1-14-12-15(22)6-7-19(14)28-13-20(26)24-16-8-10-25(11-9-16)21(27)17-4-2-3-5-18(17)23/h2-7,12,16H,8-11,13H2,1H3,(H,24,26). The van der Waals surface area contributed by atoms with Gasteiger partial charge < -0.3 is 10.2 Å². The summed E-state index contributed by atoms with van der Waals surface area (Å²) in [6.07, 6.45) is 1.35. The van der Waals surface area contributed by atoms with Crippen molar-refractivity contribution < 1.29 is 14.0 Å². The van der Waals surface area contributed by atoms with Crippen LogP contribution in [-0.4, -0.2) is 41.6 Å². The van der Waals surface area contributed by atoms with E-state index in [9.17, 15) is 14.0 Å². The number of carbonyl (C=O) groups is 2. The third-order valence-electron chi connectivity index (χ3n) is 4.75. The molecule has 0 unspecified atom stereocenters. The highest BCUT2D eigenvalue weighted by Crippen LogP contribution is 2.25. The van der Waals surface area contributed by atoms with E-state index in [1.165, 1.54) is 23.9 Å². The van der Waals surface area contributed by atoms with Crippen LogP contribution in [0.25, 0.3) is 0 Å². The smallest absolute Gasteiger partial charge is 0.256 e. The molecule has 2 aromatic rings. The highest BCUT2D eigenvalue weighted by atomic mass is 79.9. The quantitative estimate of drug-likeness (QED) is 0.666. The lowest BCUT2D eigenvalue weighted by Gasteiger charge is -2.32. The van der Waals surface area contributed by atoms with Crippen LogP contribution in [0.5, 0.6) is 0 Å². The van der Waals surface area contributed by atoms with Crippen molar-refractivity contribution in [3.05, 3.63) is 63.9 Å². The molecule has 0 spiro atoms. The lowest BCUT2D eigenvalue weighted by molar-refractivity contribution is -0.119. The summed E-state index contributed by atoms with van der Waals surface area (Å²) in [4.78, 5) is 27.5. The van der Waals surface area contributed by atoms with Gasteiger partial charge in [0, 0.05) is 28.5 Å². The van der Waals surface area contributed by atoms with Gasteiger partial charge in [-0.3, -0.25) is 9.59 Å². The average Bonchev–Trinajstić information content (AvgIpc) is 2.68. The van der Waals surface area contributed by atoms with E-state index in [-0.39, 0.29) is 23.4 Å². The Kier molecular flexibility index (Phi) is 7.13. The molecule has 1 fully saturated rings. The highest BCUT2D eigenvalue weighted by Gasteiger charge is 2.25. The molecule has 1 heterocycles. The van der Waals surface area contributed by atoms with Crippen LogP contribution in [0, 0.1) is 12.7 Å². The first-order chi connectivity index (χ1) is 13.4. The average molecular weight is 465 g/mol. The number of likely N-dealkylation sites (tertiary alicyclic amines) is 1. The lowest BCUT2D eigenvalue weighted by Crippen LogP contribution is -2.47. The summed E-state index contributed by atoms with van der Waals surface area (Å²) in [7, 11) is 0. The second-order valence-electron chi connectivity index (χ2n) is 6.81. The Morgan fingerprint density at radius 3 is 2.61 bits per heavy atom. The summed E-state index contributed by atoms with van der Waals surface area (Å²) in [5.41, 5.74) is 1.23. The maximum Gasteiger partial charge on any atom is 0.256 e. The number of halogens is 2. The number of aryl methyl sites for hydroxylation is 1. The second-order valence-corrected chi connectivity index (χ2v) is 8.75. The maximum absolute atomic E-state index is 13.8. The minimum atomic E-state index is -0.497. The van der Waals surface area contributed by atoms with Crippen molar-refractivity contribution in [1.82, 2.24) is 10.2 Å². The molecule has 0 saturated carbocycles. The molecule has 2 amide bonds. The largest absolute Gasteiger partial charge is 0.353 e. The van der Waals surface area contributed by atoms with Gasteiger partial charge in [0.05, 0.1) is 11.3 Å². The third-order valence-corrected chi connectivity index (χ3v) is 6.42. The number of benzene rings is 2. The van der Waals surface area contributed by atoms with Crippen molar-refractivity contribution in [2.45, 2.75) is 30.7 Å². The van der Waals surface area contributed by atoms with Gasteiger partial charge in [0.2, 0.25) is 5.91 Å². The molecule has 0 bridgehead atoms. The molecule has 148 valence electrons. The van der Waals surface area contributed by atoms with E-state index < -0.39 is 5.82 Å². The fourth-order valence-electron chi connectivity index (χ4n) is 3.22. The first-order valence-corrected chi connectivity index (χ1v) is 10.9. The van der Waals surface area contributed by atoms with Crippen molar-refractivity contribution in [2.24, 2.45) is 0 Å². The molecule has 0 aliphatic carbocycles. The lowest BCUT2D eigenvalue weighted by atomic mass is 10.0. The Morgan fingerprint density at radius 2 is 1.93 bits per heavy atom. The summed E-state index contributed by atoms with van der Waals surface area (Å²) >= 11 is 4.96. The first kappa shape index (κ1) is 20.9. The summed E-state index contributed by atoms with van der Waals surface area (Å²) in [6, 6.07) is 12.1. The predicted molar refractivity (Wildman–Crippen MR) is 113 cm³/mol. The Labute approximate surface area is 177 Å². The van der Waals surface area contributed by atoms with E-state index >= 15 is 0 Å². The molecule has 3 rings (SSSR count). The van der Waals surface area contributed by atoms with Crippen LogP contribution in [0.15, 0.2) is 51.8 Å². The predicted octanol–water partition coefficient (Wildman–Crippen LogP) is 4.41. The van der Waals surface area contributed by atoms with E-state index in [0.29, 0.717) is 31.7 Å². The van der Waals surface area contributed by atoms with Gasteiger partial charge in [-0.2, -0.15) is 0 Å². The molecule has 1 N–H and O–H groups in total. The third kappa shape index (κ3) is 5.35. The van der Waals surface area contributed by atoms with Crippen LogP contribution in [-0.2, 0) is 4.79 Å². The maximum atomic E-state index is 13.8. The molecular weight excluding hydrogens is 443 g/mol. The molecule has 28 heavy (non-hydrogen) atoms. The van der Waals surface area contributed by atoms with Crippen LogP contribution in [0.3, 0.4) is 0 Å². The number of hydrogen-bond acceptors (Lipinski definition) is 3. The summed E-state index contributed by atoms with van der Waals surface area (Å²) in [5.74, 6) is -0.435. The number of hydrogen-bond donors (Lipinski definition) is 1. The molecule has 0 aromatic heterocycles. The van der Waals surface area contributed by atoms with E-state index in [1.54, 1.807) is 17.0 Å². The van der Waals surface area contributed by atoms with E-state index in [0.717, 1.165) is 14.9 Å². The van der Waals surface area contributed by atoms with Crippen LogP contribution < -0.4 is 5.32 Å². The highest BCUT2D eigenvalue weighted by molar-refractivity contribution is 9.10. The summed E-state index contributed by atoms with van der Waals surface area (Å²) < 4.78 is 14.8. The van der Waals surface area contributed by atoms with Crippen LogP contribution in [0.4, 0.5) is 4.39 Å². The second kappa shape index (κ2) is 9.56. The zero-order valence-corrected chi connectivity index (χ0v) is 18.0. The van der Waals surface area contributed by atoms with Gasteiger partial charge in [-0.1, -0.05) is 28.1 Å². The molecule has 1 aliphatic rings. The number of carbonyl (C=O) groups excluding carboxylic acids is 2. The SMILES string of the molecule is Cc1cc(Br)ccc1SCC(=O)NC1CCN(C(=O)c2ccccc2F)CC1. The van der Waals surface area contributed by atoms with Gasteiger partial charge in [0.25, 0.3) is 5.91 Å². The van der Waals surface area contributed by atoms with Crippen molar-refractivity contribution >= 4 is 39.5 Å². The zero-order valence-electron chi connectivity index (χ0n) is 15.6. The number of amides is 2. The molecule has 7 heteroatoms. The Morgan fingerprint density at radius 1 is 1.21 bits per heavy atom. The fraction of sp³-hybridized carbons (Fsp3) is 0.333.